The van der Waals surface area contributed by atoms with Gasteiger partial charge in [0, 0.05) is 26.7 Å². The third-order valence-corrected chi connectivity index (χ3v) is 2.14. The van der Waals surface area contributed by atoms with Gasteiger partial charge < -0.3 is 15.6 Å². The SMILES string of the molecule is COCCc1c(C(N)=O)nnn1CCCO. The Morgan fingerprint density at radius 2 is 2.38 bits per heavy atom. The third kappa shape index (κ3) is 3.01. The van der Waals surface area contributed by atoms with Crippen LogP contribution in [0.1, 0.15) is 22.6 Å². The number of aryl methyl sites for hydroxylation is 1. The Morgan fingerprint density at radius 1 is 1.62 bits per heavy atom. The van der Waals surface area contributed by atoms with Gasteiger partial charge in [-0.2, -0.15) is 0 Å². The maximum Gasteiger partial charge on any atom is 0.271 e. The molecule has 0 unspecified atom stereocenters. The number of primary amides is 1. The number of aliphatic hydroxyl groups is 1. The first kappa shape index (κ1) is 12.6. The molecule has 0 aromatic carbocycles. The summed E-state index contributed by atoms with van der Waals surface area (Å²) in [6.45, 7) is 1.04. The van der Waals surface area contributed by atoms with E-state index >= 15 is 0 Å². The lowest BCUT2D eigenvalue weighted by atomic mass is 10.2. The molecule has 0 fully saturated rings. The standard InChI is InChI=1S/C9H16N4O3/c1-16-6-3-7-8(9(10)15)11-12-13(7)4-2-5-14/h14H,2-6H2,1H3,(H2,10,15). The van der Waals surface area contributed by atoms with Crippen molar-refractivity contribution >= 4 is 5.91 Å². The number of aliphatic hydroxyl groups excluding tert-OH is 1. The van der Waals surface area contributed by atoms with E-state index in [-0.39, 0.29) is 12.3 Å². The van der Waals surface area contributed by atoms with Gasteiger partial charge in [0.25, 0.3) is 5.91 Å². The lowest BCUT2D eigenvalue weighted by molar-refractivity contribution is 0.0994. The van der Waals surface area contributed by atoms with E-state index in [9.17, 15) is 4.79 Å². The molecule has 0 aliphatic carbocycles. The van der Waals surface area contributed by atoms with Gasteiger partial charge in [-0.15, -0.1) is 5.10 Å². The highest BCUT2D eigenvalue weighted by Crippen LogP contribution is 2.07. The number of aromatic nitrogens is 3. The van der Waals surface area contributed by atoms with Crippen molar-refractivity contribution in [2.75, 3.05) is 20.3 Å². The minimum Gasteiger partial charge on any atom is -0.396 e. The highest BCUT2D eigenvalue weighted by atomic mass is 16.5. The summed E-state index contributed by atoms with van der Waals surface area (Å²) in [7, 11) is 1.58. The van der Waals surface area contributed by atoms with Gasteiger partial charge >= 0.3 is 0 Å². The predicted octanol–water partition coefficient (Wildman–Crippen LogP) is -1.05. The van der Waals surface area contributed by atoms with Crippen LogP contribution in [0, 0.1) is 0 Å². The molecule has 0 saturated heterocycles. The molecule has 0 bridgehead atoms. The second-order valence-electron chi connectivity index (χ2n) is 3.29. The summed E-state index contributed by atoms with van der Waals surface area (Å²) in [6.07, 6.45) is 1.08. The van der Waals surface area contributed by atoms with Crippen molar-refractivity contribution in [1.82, 2.24) is 15.0 Å². The van der Waals surface area contributed by atoms with Crippen molar-refractivity contribution < 1.29 is 14.6 Å². The number of nitrogens with zero attached hydrogens (tertiary/aromatic N) is 3. The monoisotopic (exact) mass is 228 g/mol. The van der Waals surface area contributed by atoms with Crippen LogP contribution in [0.5, 0.6) is 0 Å². The van der Waals surface area contributed by atoms with Crippen LogP contribution < -0.4 is 5.73 Å². The van der Waals surface area contributed by atoms with Crippen LogP contribution >= 0.6 is 0 Å². The number of hydrogen-bond acceptors (Lipinski definition) is 5. The number of carbonyl (C=O) groups is 1. The molecule has 0 aliphatic rings. The molecule has 90 valence electrons. The largest absolute Gasteiger partial charge is 0.396 e. The average molecular weight is 228 g/mol. The van der Waals surface area contributed by atoms with Crippen molar-refractivity contribution in [3.63, 3.8) is 0 Å². The maximum atomic E-state index is 11.1. The number of amides is 1. The lowest BCUT2D eigenvalue weighted by Crippen LogP contribution is -2.16. The van der Waals surface area contributed by atoms with Crippen molar-refractivity contribution in [3.05, 3.63) is 11.4 Å². The Kier molecular flexibility index (Phi) is 4.87. The van der Waals surface area contributed by atoms with Crippen molar-refractivity contribution in [2.45, 2.75) is 19.4 Å². The Hall–Kier alpha value is -1.47. The summed E-state index contributed by atoms with van der Waals surface area (Å²) in [5, 5.41) is 16.3. The lowest BCUT2D eigenvalue weighted by Gasteiger charge is -2.05. The summed E-state index contributed by atoms with van der Waals surface area (Å²) in [5.74, 6) is -0.596. The molecule has 1 amide bonds. The van der Waals surface area contributed by atoms with Gasteiger partial charge in [0.05, 0.1) is 12.3 Å². The van der Waals surface area contributed by atoms with E-state index in [2.05, 4.69) is 10.3 Å². The van der Waals surface area contributed by atoms with Gasteiger partial charge in [-0.05, 0) is 6.42 Å². The first-order chi connectivity index (χ1) is 7.70. The predicted molar refractivity (Wildman–Crippen MR) is 55.8 cm³/mol. The van der Waals surface area contributed by atoms with Gasteiger partial charge in [-0.3, -0.25) is 4.79 Å². The molecule has 0 saturated carbocycles. The molecule has 7 nitrogen and oxygen atoms in total. The van der Waals surface area contributed by atoms with Gasteiger partial charge in [-0.25, -0.2) is 4.68 Å². The summed E-state index contributed by atoms with van der Waals surface area (Å²) in [6, 6.07) is 0. The second-order valence-corrected chi connectivity index (χ2v) is 3.29. The zero-order valence-corrected chi connectivity index (χ0v) is 9.22. The smallest absolute Gasteiger partial charge is 0.271 e. The van der Waals surface area contributed by atoms with Crippen LogP contribution in [-0.4, -0.2) is 46.3 Å². The number of hydrogen-bond donors (Lipinski definition) is 2. The molecule has 1 rings (SSSR count). The maximum absolute atomic E-state index is 11.1. The normalized spacial score (nSPS) is 10.6. The van der Waals surface area contributed by atoms with E-state index in [0.29, 0.717) is 31.7 Å². The fourth-order valence-electron chi connectivity index (χ4n) is 1.37. The topological polar surface area (TPSA) is 103 Å². The minimum atomic E-state index is -0.596. The van der Waals surface area contributed by atoms with Gasteiger partial charge in [0.15, 0.2) is 5.69 Å². The molecule has 3 N–H and O–H groups in total. The molecule has 0 spiro atoms. The van der Waals surface area contributed by atoms with E-state index in [4.69, 9.17) is 15.6 Å². The molecule has 0 aliphatic heterocycles. The average Bonchev–Trinajstić information content (AvgIpc) is 2.66. The highest BCUT2D eigenvalue weighted by Gasteiger charge is 2.16. The highest BCUT2D eigenvalue weighted by molar-refractivity contribution is 5.91. The number of rotatable bonds is 7. The molecule has 1 heterocycles. The van der Waals surface area contributed by atoms with Gasteiger partial charge in [0.2, 0.25) is 0 Å². The summed E-state index contributed by atoms with van der Waals surface area (Å²) in [5.41, 5.74) is 6.01. The second kappa shape index (κ2) is 6.19. The van der Waals surface area contributed by atoms with Crippen molar-refractivity contribution in [1.29, 1.82) is 0 Å². The van der Waals surface area contributed by atoms with Crippen molar-refractivity contribution in [3.8, 4) is 0 Å². The molecule has 1 aromatic rings. The Balaban J connectivity index is 2.85. The fourth-order valence-corrected chi connectivity index (χ4v) is 1.37. The minimum absolute atomic E-state index is 0.0650. The molecular formula is C9H16N4O3. The number of methoxy groups -OCH3 is 1. The van der Waals surface area contributed by atoms with E-state index in [1.807, 2.05) is 0 Å². The Labute approximate surface area is 93.2 Å². The summed E-state index contributed by atoms with van der Waals surface area (Å²) in [4.78, 5) is 11.1. The van der Waals surface area contributed by atoms with Crippen LogP contribution in [0.25, 0.3) is 0 Å². The van der Waals surface area contributed by atoms with Crippen molar-refractivity contribution in [2.24, 2.45) is 5.73 Å². The van der Waals surface area contributed by atoms with E-state index in [1.165, 1.54) is 0 Å². The first-order valence-corrected chi connectivity index (χ1v) is 5.02. The van der Waals surface area contributed by atoms with Crippen LogP contribution in [0.2, 0.25) is 0 Å². The summed E-state index contributed by atoms with van der Waals surface area (Å²) >= 11 is 0. The van der Waals surface area contributed by atoms with Gasteiger partial charge in [-0.1, -0.05) is 5.21 Å². The zero-order chi connectivity index (χ0) is 12.0. The zero-order valence-electron chi connectivity index (χ0n) is 9.22. The van der Waals surface area contributed by atoms with Crippen LogP contribution in [-0.2, 0) is 17.7 Å². The molecule has 0 atom stereocenters. The van der Waals surface area contributed by atoms with E-state index in [0.717, 1.165) is 0 Å². The fraction of sp³-hybridized carbons (Fsp3) is 0.667. The molecular weight excluding hydrogens is 212 g/mol. The molecule has 1 aromatic heterocycles. The summed E-state index contributed by atoms with van der Waals surface area (Å²) < 4.78 is 6.52. The van der Waals surface area contributed by atoms with Gasteiger partial charge in [0.1, 0.15) is 0 Å². The van der Waals surface area contributed by atoms with E-state index < -0.39 is 5.91 Å². The van der Waals surface area contributed by atoms with Crippen LogP contribution in [0.3, 0.4) is 0 Å². The quantitative estimate of drug-likeness (QED) is 0.619. The number of nitrogens with two attached hydrogens (primary N) is 1. The molecule has 0 radical (unpaired) electrons. The molecule has 16 heavy (non-hydrogen) atoms. The van der Waals surface area contributed by atoms with E-state index in [1.54, 1.807) is 11.8 Å². The Bertz CT molecular complexity index is 351. The Morgan fingerprint density at radius 3 is 2.94 bits per heavy atom. The molecule has 7 heteroatoms. The number of ether oxygens (including phenoxy) is 1. The number of carbonyl (C=O) groups excluding carboxylic acids is 1. The van der Waals surface area contributed by atoms with Crippen LogP contribution in [0.4, 0.5) is 0 Å². The third-order valence-electron chi connectivity index (χ3n) is 2.14. The van der Waals surface area contributed by atoms with Crippen LogP contribution in [0.15, 0.2) is 0 Å². The first-order valence-electron chi connectivity index (χ1n) is 5.02.